The summed E-state index contributed by atoms with van der Waals surface area (Å²) < 4.78 is 9.96. The second-order valence-electron chi connectivity index (χ2n) is 3.08. The van der Waals surface area contributed by atoms with Gasteiger partial charge < -0.3 is 4.74 Å². The lowest BCUT2D eigenvalue weighted by molar-refractivity contribution is 0.577. The van der Waals surface area contributed by atoms with Crippen LogP contribution in [-0.2, 0) is 11.1 Å². The van der Waals surface area contributed by atoms with Crippen LogP contribution >= 0.6 is 11.6 Å². The van der Waals surface area contributed by atoms with Crippen LogP contribution in [0.15, 0.2) is 34.7 Å². The van der Waals surface area contributed by atoms with Gasteiger partial charge in [-0.1, -0.05) is 18.2 Å². The highest BCUT2D eigenvalue weighted by Crippen LogP contribution is 2.22. The maximum Gasteiger partial charge on any atom is 0.268 e. The summed E-state index contributed by atoms with van der Waals surface area (Å²) in [5, 5.41) is 0. The van der Waals surface area contributed by atoms with Gasteiger partial charge in [0, 0.05) is 11.1 Å². The number of halogens is 1. The van der Waals surface area contributed by atoms with Crippen molar-refractivity contribution in [3.05, 3.63) is 30.3 Å². The molecule has 0 heterocycles. The summed E-state index contributed by atoms with van der Waals surface area (Å²) in [7, 11) is 0. The van der Waals surface area contributed by atoms with Crippen molar-refractivity contribution < 1.29 is 4.74 Å². The predicted molar refractivity (Wildman–Crippen MR) is 60.7 cm³/mol. The molecule has 0 radical (unpaired) electrons. The minimum absolute atomic E-state index is 0.364. The number of ether oxygens (including phenoxy) is 1. The molecule has 1 aromatic carbocycles. The summed E-state index contributed by atoms with van der Waals surface area (Å²) in [6, 6.07) is 9.96. The van der Waals surface area contributed by atoms with Crippen LogP contribution in [0, 0.1) is 0 Å². The number of hydrogen-bond acceptors (Lipinski definition) is 2. The Morgan fingerprint density at radius 2 is 2.07 bits per heavy atom. The molecule has 0 aromatic heterocycles. The first kappa shape index (κ1) is 9.74. The highest BCUT2D eigenvalue weighted by molar-refractivity contribution is 7.71. The van der Waals surface area contributed by atoms with Gasteiger partial charge in [-0.15, -0.1) is 0 Å². The van der Waals surface area contributed by atoms with Crippen molar-refractivity contribution in [2.24, 2.45) is 4.36 Å². The third-order valence-electron chi connectivity index (χ3n) is 1.76. The molecule has 2 nitrogen and oxygen atoms in total. The zero-order chi connectivity index (χ0) is 9.80. The van der Waals surface area contributed by atoms with E-state index in [0.717, 1.165) is 5.75 Å². The van der Waals surface area contributed by atoms with Gasteiger partial charge in [0.05, 0.1) is 6.04 Å². The maximum absolute atomic E-state index is 5.85. The number of para-hydroxylation sites is 1. The third kappa shape index (κ3) is 3.16. The summed E-state index contributed by atoms with van der Waals surface area (Å²) in [6.45, 7) is 0. The number of benzene rings is 1. The van der Waals surface area contributed by atoms with E-state index in [0.29, 0.717) is 10.6 Å². The molecule has 0 N–H and O–H groups in total. The number of rotatable bonds is 2. The molecule has 1 fully saturated rings. The van der Waals surface area contributed by atoms with Gasteiger partial charge in [-0.2, -0.15) is 0 Å². The molecular weight excluding hydrogens is 218 g/mol. The zero-order valence-corrected chi connectivity index (χ0v) is 9.09. The van der Waals surface area contributed by atoms with Gasteiger partial charge in [-0.25, -0.2) is 4.36 Å². The van der Waals surface area contributed by atoms with E-state index in [1.807, 2.05) is 30.3 Å². The van der Waals surface area contributed by atoms with Crippen molar-refractivity contribution >= 4 is 27.3 Å². The molecular formula is C10H10ClNOS. The van der Waals surface area contributed by atoms with E-state index in [-0.39, 0.29) is 0 Å². The lowest BCUT2D eigenvalue weighted by Crippen LogP contribution is -1.98. The molecule has 1 saturated carbocycles. The lowest BCUT2D eigenvalue weighted by atomic mass is 10.3. The number of nitrogens with zero attached hydrogens (tertiary/aromatic N) is 1. The first-order chi connectivity index (χ1) is 6.84. The molecule has 0 bridgehead atoms. The first-order valence-electron chi connectivity index (χ1n) is 4.47. The van der Waals surface area contributed by atoms with E-state index in [4.69, 9.17) is 16.3 Å². The van der Waals surface area contributed by atoms with Crippen LogP contribution in [0.25, 0.3) is 0 Å². The van der Waals surface area contributed by atoms with Gasteiger partial charge in [0.2, 0.25) is 0 Å². The van der Waals surface area contributed by atoms with Gasteiger partial charge in [0.15, 0.2) is 0 Å². The van der Waals surface area contributed by atoms with E-state index >= 15 is 0 Å². The average molecular weight is 228 g/mol. The van der Waals surface area contributed by atoms with Crippen LogP contribution < -0.4 is 4.74 Å². The zero-order valence-electron chi connectivity index (χ0n) is 7.52. The molecule has 0 unspecified atom stereocenters. The molecule has 74 valence electrons. The summed E-state index contributed by atoms with van der Waals surface area (Å²) in [5.41, 5.74) is 0. The molecule has 1 aliphatic carbocycles. The third-order valence-corrected chi connectivity index (χ3v) is 2.68. The standard InChI is InChI=1S/C10H10ClNOS/c11-10(14-12-8-6-7-8)13-9-4-2-1-3-5-9/h1-5,8H,6-7H2. The highest BCUT2D eigenvalue weighted by atomic mass is 35.5. The van der Waals surface area contributed by atoms with Gasteiger partial charge in [-0.05, 0) is 36.6 Å². The van der Waals surface area contributed by atoms with Crippen molar-refractivity contribution in [3.8, 4) is 5.75 Å². The Morgan fingerprint density at radius 3 is 2.71 bits per heavy atom. The molecule has 14 heavy (non-hydrogen) atoms. The van der Waals surface area contributed by atoms with E-state index < -0.39 is 0 Å². The molecule has 1 aliphatic rings. The number of hydrogen-bond donors (Lipinski definition) is 0. The Labute approximate surface area is 91.6 Å². The minimum Gasteiger partial charge on any atom is -0.435 e. The summed E-state index contributed by atoms with van der Waals surface area (Å²) in [5.74, 6) is 0.746. The van der Waals surface area contributed by atoms with Crippen molar-refractivity contribution in [1.29, 1.82) is 0 Å². The van der Waals surface area contributed by atoms with E-state index in [2.05, 4.69) is 4.36 Å². The Balaban J connectivity index is 2.00. The molecule has 0 amide bonds. The Kier molecular flexibility index (Phi) is 3.22. The molecule has 1 aromatic rings. The highest BCUT2D eigenvalue weighted by Gasteiger charge is 2.19. The van der Waals surface area contributed by atoms with Gasteiger partial charge in [-0.3, -0.25) is 0 Å². The van der Waals surface area contributed by atoms with Gasteiger partial charge in [0.1, 0.15) is 5.75 Å². The van der Waals surface area contributed by atoms with E-state index in [1.54, 1.807) is 0 Å². The minimum atomic E-state index is 0.364. The second-order valence-corrected chi connectivity index (χ2v) is 4.41. The van der Waals surface area contributed by atoms with Crippen LogP contribution in [0.5, 0.6) is 5.75 Å². The fourth-order valence-corrected chi connectivity index (χ4v) is 1.68. The summed E-state index contributed by atoms with van der Waals surface area (Å²) in [6.07, 6.45) is 2.37. The molecule has 0 saturated heterocycles. The Morgan fingerprint density at radius 1 is 1.36 bits per heavy atom. The maximum atomic E-state index is 5.85. The van der Waals surface area contributed by atoms with Crippen LogP contribution in [0.4, 0.5) is 0 Å². The van der Waals surface area contributed by atoms with E-state index in [9.17, 15) is 0 Å². The molecule has 0 spiro atoms. The molecule has 2 rings (SSSR count). The summed E-state index contributed by atoms with van der Waals surface area (Å²) >= 11 is 7.08. The predicted octanol–water partition coefficient (Wildman–Crippen LogP) is 2.82. The monoisotopic (exact) mass is 227 g/mol. The largest absolute Gasteiger partial charge is 0.435 e. The fraction of sp³-hybridized carbons (Fsp3) is 0.300. The van der Waals surface area contributed by atoms with Gasteiger partial charge in [0.25, 0.3) is 4.51 Å². The average Bonchev–Trinajstić information content (AvgIpc) is 3.00. The van der Waals surface area contributed by atoms with Crippen LogP contribution in [-0.4, -0.2) is 10.6 Å². The first-order valence-corrected chi connectivity index (χ1v) is 5.62. The fourth-order valence-electron chi connectivity index (χ4n) is 0.896. The molecule has 0 aliphatic heterocycles. The van der Waals surface area contributed by atoms with Crippen LogP contribution in [0.1, 0.15) is 12.8 Å². The second kappa shape index (κ2) is 4.62. The Hall–Kier alpha value is -0.800. The summed E-state index contributed by atoms with van der Waals surface area (Å²) in [4.78, 5) is 0. The van der Waals surface area contributed by atoms with Crippen molar-refractivity contribution in [2.75, 3.05) is 0 Å². The van der Waals surface area contributed by atoms with Crippen molar-refractivity contribution in [3.63, 3.8) is 0 Å². The topological polar surface area (TPSA) is 21.6 Å². The Bertz CT molecular complexity index is 369. The van der Waals surface area contributed by atoms with Crippen LogP contribution in [0.2, 0.25) is 0 Å². The molecule has 4 heteroatoms. The van der Waals surface area contributed by atoms with E-state index in [1.165, 1.54) is 24.0 Å². The van der Waals surface area contributed by atoms with Crippen molar-refractivity contribution in [1.82, 2.24) is 0 Å². The van der Waals surface area contributed by atoms with Crippen molar-refractivity contribution in [2.45, 2.75) is 18.9 Å². The lowest BCUT2D eigenvalue weighted by Gasteiger charge is -1.99. The normalized spacial score (nSPS) is 14.6. The SMILES string of the molecule is ClC(Oc1ccccc1)=S=NC1CC1. The van der Waals surface area contributed by atoms with Gasteiger partial charge >= 0.3 is 0 Å². The van der Waals surface area contributed by atoms with Crippen LogP contribution in [0.3, 0.4) is 0 Å². The smallest absolute Gasteiger partial charge is 0.268 e. The quantitative estimate of drug-likeness (QED) is 0.563. The molecule has 0 atom stereocenters.